The van der Waals surface area contributed by atoms with E-state index in [9.17, 15) is 0 Å². The second-order valence-electron chi connectivity index (χ2n) is 7.94. The zero-order chi connectivity index (χ0) is 18.2. The SMILES string of the molecule is CCCCCCCCCCCCCCCCCC1CN(N)C(CC)=N1. The fourth-order valence-electron chi connectivity index (χ4n) is 3.86. The van der Waals surface area contributed by atoms with Crippen LogP contribution in [0.3, 0.4) is 0 Å². The standard InChI is InChI=1S/C22H45N3/c1-3-5-6-7-8-9-10-11-12-13-14-15-16-17-18-19-21-20-25(23)22(4-2)24-21/h21H,3-20,23H2,1-2H3. The minimum atomic E-state index is 0.460. The van der Waals surface area contributed by atoms with Gasteiger partial charge >= 0.3 is 0 Å². The van der Waals surface area contributed by atoms with Gasteiger partial charge in [-0.2, -0.15) is 0 Å². The fraction of sp³-hybridized carbons (Fsp3) is 0.955. The van der Waals surface area contributed by atoms with E-state index >= 15 is 0 Å². The molecule has 148 valence electrons. The zero-order valence-corrected chi connectivity index (χ0v) is 17.3. The summed E-state index contributed by atoms with van der Waals surface area (Å²) in [5.41, 5.74) is 0. The first-order valence-corrected chi connectivity index (χ1v) is 11.4. The number of aliphatic imine (C=N–C) groups is 1. The van der Waals surface area contributed by atoms with Crippen LogP contribution < -0.4 is 5.84 Å². The summed E-state index contributed by atoms with van der Waals surface area (Å²) in [5.74, 6) is 7.03. The Hall–Kier alpha value is -0.570. The van der Waals surface area contributed by atoms with Gasteiger partial charge in [-0.15, -0.1) is 0 Å². The van der Waals surface area contributed by atoms with Gasteiger partial charge < -0.3 is 0 Å². The molecule has 0 fully saturated rings. The van der Waals surface area contributed by atoms with Crippen molar-refractivity contribution in [1.29, 1.82) is 0 Å². The van der Waals surface area contributed by atoms with Crippen molar-refractivity contribution in [2.24, 2.45) is 10.8 Å². The van der Waals surface area contributed by atoms with Gasteiger partial charge in [0.2, 0.25) is 0 Å². The van der Waals surface area contributed by atoms with Crippen molar-refractivity contribution in [1.82, 2.24) is 5.01 Å². The molecule has 0 spiro atoms. The highest BCUT2D eigenvalue weighted by molar-refractivity contribution is 5.83. The predicted molar refractivity (Wildman–Crippen MR) is 112 cm³/mol. The topological polar surface area (TPSA) is 41.6 Å². The number of hydrazine groups is 1. The van der Waals surface area contributed by atoms with E-state index in [2.05, 4.69) is 13.8 Å². The average Bonchev–Trinajstić information content (AvgIpc) is 2.98. The molecule has 0 saturated heterocycles. The molecule has 1 unspecified atom stereocenters. The number of nitrogens with zero attached hydrogens (tertiary/aromatic N) is 2. The highest BCUT2D eigenvalue weighted by Gasteiger charge is 2.20. The van der Waals surface area contributed by atoms with E-state index in [0.717, 1.165) is 18.8 Å². The van der Waals surface area contributed by atoms with Gasteiger partial charge in [0.05, 0.1) is 12.6 Å². The lowest BCUT2D eigenvalue weighted by atomic mass is 10.0. The Morgan fingerprint density at radius 2 is 1.20 bits per heavy atom. The van der Waals surface area contributed by atoms with Crippen LogP contribution in [0, 0.1) is 0 Å². The lowest BCUT2D eigenvalue weighted by Crippen LogP contribution is -2.35. The fourth-order valence-corrected chi connectivity index (χ4v) is 3.86. The summed E-state index contributed by atoms with van der Waals surface area (Å²) >= 11 is 0. The maximum atomic E-state index is 5.94. The monoisotopic (exact) mass is 351 g/mol. The summed E-state index contributed by atoms with van der Waals surface area (Å²) < 4.78 is 0. The number of hydrogen-bond acceptors (Lipinski definition) is 3. The quantitative estimate of drug-likeness (QED) is 0.236. The van der Waals surface area contributed by atoms with Crippen LogP contribution >= 0.6 is 0 Å². The third-order valence-electron chi connectivity index (χ3n) is 5.53. The van der Waals surface area contributed by atoms with Crippen molar-refractivity contribution in [2.75, 3.05) is 6.54 Å². The first kappa shape index (κ1) is 22.5. The largest absolute Gasteiger partial charge is 0.297 e. The lowest BCUT2D eigenvalue weighted by molar-refractivity contribution is 0.418. The molecule has 0 bridgehead atoms. The smallest absolute Gasteiger partial charge is 0.113 e. The van der Waals surface area contributed by atoms with Crippen molar-refractivity contribution in [3.63, 3.8) is 0 Å². The average molecular weight is 352 g/mol. The van der Waals surface area contributed by atoms with Gasteiger partial charge in [0, 0.05) is 6.42 Å². The molecule has 1 heterocycles. The Kier molecular flexibility index (Phi) is 14.1. The molecular formula is C22H45N3. The third-order valence-corrected chi connectivity index (χ3v) is 5.53. The van der Waals surface area contributed by atoms with Crippen LogP contribution in [-0.2, 0) is 0 Å². The van der Waals surface area contributed by atoms with E-state index < -0.39 is 0 Å². The van der Waals surface area contributed by atoms with Gasteiger partial charge in [0.1, 0.15) is 5.84 Å². The van der Waals surface area contributed by atoms with Gasteiger partial charge in [0.15, 0.2) is 0 Å². The second kappa shape index (κ2) is 15.7. The van der Waals surface area contributed by atoms with Crippen molar-refractivity contribution in [3.05, 3.63) is 0 Å². The number of unbranched alkanes of at least 4 members (excludes halogenated alkanes) is 14. The van der Waals surface area contributed by atoms with Gasteiger partial charge in [-0.25, -0.2) is 5.84 Å². The summed E-state index contributed by atoms with van der Waals surface area (Å²) in [6.07, 6.45) is 23.6. The Bertz CT molecular complexity index is 327. The van der Waals surface area contributed by atoms with Crippen LogP contribution in [0.25, 0.3) is 0 Å². The molecule has 1 atom stereocenters. The molecule has 25 heavy (non-hydrogen) atoms. The summed E-state index contributed by atoms with van der Waals surface area (Å²) in [5, 5.41) is 1.84. The zero-order valence-electron chi connectivity index (χ0n) is 17.3. The Morgan fingerprint density at radius 3 is 1.60 bits per heavy atom. The molecular weight excluding hydrogens is 306 g/mol. The minimum absolute atomic E-state index is 0.460. The number of rotatable bonds is 17. The van der Waals surface area contributed by atoms with E-state index in [1.54, 1.807) is 0 Å². The van der Waals surface area contributed by atoms with Crippen LogP contribution in [0.2, 0.25) is 0 Å². The molecule has 0 amide bonds. The van der Waals surface area contributed by atoms with Crippen LogP contribution in [0.4, 0.5) is 0 Å². The molecule has 1 aliphatic rings. The van der Waals surface area contributed by atoms with E-state index in [1.807, 2.05) is 5.01 Å². The van der Waals surface area contributed by atoms with Crippen LogP contribution in [0.5, 0.6) is 0 Å². The molecule has 0 aliphatic carbocycles. The van der Waals surface area contributed by atoms with Gasteiger partial charge in [-0.3, -0.25) is 10.0 Å². The summed E-state index contributed by atoms with van der Waals surface area (Å²) in [6.45, 7) is 5.36. The molecule has 0 aromatic heterocycles. The highest BCUT2D eigenvalue weighted by atomic mass is 15.5. The normalized spacial score (nSPS) is 17.3. The van der Waals surface area contributed by atoms with Crippen LogP contribution in [0.15, 0.2) is 4.99 Å². The van der Waals surface area contributed by atoms with E-state index in [-0.39, 0.29) is 0 Å². The molecule has 2 N–H and O–H groups in total. The number of hydrogen-bond donors (Lipinski definition) is 1. The Morgan fingerprint density at radius 1 is 0.760 bits per heavy atom. The van der Waals surface area contributed by atoms with Gasteiger partial charge in [0.25, 0.3) is 0 Å². The second-order valence-corrected chi connectivity index (χ2v) is 7.94. The molecule has 3 nitrogen and oxygen atoms in total. The molecule has 0 aromatic rings. The van der Waals surface area contributed by atoms with Crippen molar-refractivity contribution in [2.45, 2.75) is 129 Å². The first-order valence-electron chi connectivity index (χ1n) is 11.4. The predicted octanol–water partition coefficient (Wildman–Crippen LogP) is 6.61. The van der Waals surface area contributed by atoms with Crippen molar-refractivity contribution >= 4 is 5.84 Å². The van der Waals surface area contributed by atoms with Gasteiger partial charge in [-0.1, -0.05) is 110 Å². The van der Waals surface area contributed by atoms with Crippen LogP contribution in [0.1, 0.15) is 123 Å². The first-order chi connectivity index (χ1) is 12.3. The molecule has 1 rings (SSSR count). The van der Waals surface area contributed by atoms with Crippen molar-refractivity contribution < 1.29 is 0 Å². The molecule has 3 heteroatoms. The van der Waals surface area contributed by atoms with E-state index in [1.165, 1.54) is 103 Å². The third kappa shape index (κ3) is 11.6. The van der Waals surface area contributed by atoms with Gasteiger partial charge in [-0.05, 0) is 6.42 Å². The molecule has 1 aliphatic heterocycles. The Labute approximate surface area is 157 Å². The van der Waals surface area contributed by atoms with E-state index in [0.29, 0.717) is 6.04 Å². The van der Waals surface area contributed by atoms with Crippen molar-refractivity contribution in [3.8, 4) is 0 Å². The molecule has 0 radical (unpaired) electrons. The summed E-state index contributed by atoms with van der Waals surface area (Å²) in [7, 11) is 0. The lowest BCUT2D eigenvalue weighted by Gasteiger charge is -2.12. The molecule has 0 saturated carbocycles. The molecule has 0 aromatic carbocycles. The summed E-state index contributed by atoms with van der Waals surface area (Å²) in [4.78, 5) is 4.71. The number of amidine groups is 1. The maximum absolute atomic E-state index is 5.94. The number of nitrogens with two attached hydrogens (primary N) is 1. The summed E-state index contributed by atoms with van der Waals surface area (Å²) in [6, 6.07) is 0.460. The maximum Gasteiger partial charge on any atom is 0.113 e. The van der Waals surface area contributed by atoms with E-state index in [4.69, 9.17) is 10.8 Å². The Balaban J connectivity index is 1.76. The minimum Gasteiger partial charge on any atom is -0.297 e. The van der Waals surface area contributed by atoms with Crippen LogP contribution in [-0.4, -0.2) is 23.4 Å². The highest BCUT2D eigenvalue weighted by Crippen LogP contribution is 2.17.